The molecule has 0 spiro atoms. The van der Waals surface area contributed by atoms with Gasteiger partial charge < -0.3 is 10.2 Å². The molecule has 0 radical (unpaired) electrons. The predicted molar refractivity (Wildman–Crippen MR) is 63.0 cm³/mol. The van der Waals surface area contributed by atoms with Gasteiger partial charge >= 0.3 is 0 Å². The Labute approximate surface area is 97.1 Å². The van der Waals surface area contributed by atoms with Gasteiger partial charge in [-0.05, 0) is 19.8 Å². The maximum Gasteiger partial charge on any atom is 0.238 e. The lowest BCUT2D eigenvalue weighted by Crippen LogP contribution is -2.48. The molecule has 0 saturated carbocycles. The zero-order valence-electron chi connectivity index (χ0n) is 10.1. The van der Waals surface area contributed by atoms with E-state index in [1.165, 1.54) is 4.90 Å². The summed E-state index contributed by atoms with van der Waals surface area (Å²) in [7, 11) is 0.605. The number of nitrogens with one attached hydrogen (secondary N) is 1. The highest BCUT2D eigenvalue weighted by atomic mass is 32.2. The molecule has 1 unspecified atom stereocenters. The van der Waals surface area contributed by atoms with Crippen molar-refractivity contribution in [1.82, 2.24) is 10.2 Å². The molecule has 1 rings (SSSR count). The zero-order chi connectivity index (χ0) is 12.3. The predicted octanol–water partition coefficient (Wildman–Crippen LogP) is -0.370. The molecule has 94 valence electrons. The first-order valence-electron chi connectivity index (χ1n) is 5.49. The summed E-state index contributed by atoms with van der Waals surface area (Å²) in [6, 6.07) is -0.108. The summed E-state index contributed by atoms with van der Waals surface area (Å²) >= 11 is 0. The molecule has 0 aromatic heterocycles. The SMILES string of the molecule is CC(NC1CCS(=O)(=O)CC1)C(=O)N(C)C. The van der Waals surface area contributed by atoms with Crippen LogP contribution < -0.4 is 5.32 Å². The molecule has 0 aliphatic carbocycles. The third kappa shape index (κ3) is 3.75. The van der Waals surface area contributed by atoms with Crippen molar-refractivity contribution in [3.8, 4) is 0 Å². The van der Waals surface area contributed by atoms with Gasteiger partial charge in [0.1, 0.15) is 9.84 Å². The van der Waals surface area contributed by atoms with Crippen LogP contribution in [-0.4, -0.2) is 56.9 Å². The summed E-state index contributed by atoms with van der Waals surface area (Å²) in [5.74, 6) is 0.481. The topological polar surface area (TPSA) is 66.5 Å². The maximum atomic E-state index is 11.6. The summed E-state index contributed by atoms with van der Waals surface area (Å²) < 4.78 is 22.4. The lowest BCUT2D eigenvalue weighted by molar-refractivity contribution is -0.130. The second kappa shape index (κ2) is 5.14. The molecule has 1 heterocycles. The highest BCUT2D eigenvalue weighted by molar-refractivity contribution is 7.91. The van der Waals surface area contributed by atoms with Crippen LogP contribution in [-0.2, 0) is 14.6 Å². The number of amides is 1. The van der Waals surface area contributed by atoms with E-state index >= 15 is 0 Å². The molecule has 5 nitrogen and oxygen atoms in total. The molecule has 0 aromatic rings. The van der Waals surface area contributed by atoms with Gasteiger partial charge in [0.15, 0.2) is 0 Å². The number of nitrogens with zero attached hydrogens (tertiary/aromatic N) is 1. The molecular weight excluding hydrogens is 228 g/mol. The minimum absolute atomic E-state index is 0.0217. The first-order valence-corrected chi connectivity index (χ1v) is 7.31. The summed E-state index contributed by atoms with van der Waals surface area (Å²) in [4.78, 5) is 13.1. The van der Waals surface area contributed by atoms with Gasteiger partial charge in [0.05, 0.1) is 17.5 Å². The van der Waals surface area contributed by atoms with E-state index in [9.17, 15) is 13.2 Å². The molecule has 1 aliphatic rings. The van der Waals surface area contributed by atoms with Gasteiger partial charge in [-0.3, -0.25) is 4.79 Å². The Kier molecular flexibility index (Phi) is 4.32. The van der Waals surface area contributed by atoms with Crippen LogP contribution in [0.15, 0.2) is 0 Å². The smallest absolute Gasteiger partial charge is 0.238 e. The van der Waals surface area contributed by atoms with E-state index in [1.807, 2.05) is 6.92 Å². The summed E-state index contributed by atoms with van der Waals surface area (Å²) in [5.41, 5.74) is 0. The lowest BCUT2D eigenvalue weighted by Gasteiger charge is -2.27. The molecule has 1 atom stereocenters. The van der Waals surface area contributed by atoms with Crippen LogP contribution in [0.3, 0.4) is 0 Å². The standard InChI is InChI=1S/C10H20N2O3S/c1-8(10(13)12(2)3)11-9-4-6-16(14,15)7-5-9/h8-9,11H,4-7H2,1-3H3. The van der Waals surface area contributed by atoms with Crippen LogP contribution in [0.4, 0.5) is 0 Å². The van der Waals surface area contributed by atoms with Crippen LogP contribution in [0.1, 0.15) is 19.8 Å². The number of rotatable bonds is 3. The fourth-order valence-electron chi connectivity index (χ4n) is 1.87. The van der Waals surface area contributed by atoms with Gasteiger partial charge in [-0.1, -0.05) is 0 Å². The Morgan fingerprint density at radius 3 is 2.25 bits per heavy atom. The van der Waals surface area contributed by atoms with Crippen LogP contribution >= 0.6 is 0 Å². The Hall–Kier alpha value is -0.620. The number of hydrogen-bond acceptors (Lipinski definition) is 4. The quantitative estimate of drug-likeness (QED) is 0.740. The number of sulfone groups is 1. The van der Waals surface area contributed by atoms with Crippen molar-refractivity contribution < 1.29 is 13.2 Å². The second-order valence-electron chi connectivity index (χ2n) is 4.55. The van der Waals surface area contributed by atoms with E-state index in [2.05, 4.69) is 5.32 Å². The molecule has 0 aromatic carbocycles. The van der Waals surface area contributed by atoms with E-state index < -0.39 is 9.84 Å². The van der Waals surface area contributed by atoms with Gasteiger partial charge in [0.2, 0.25) is 5.91 Å². The number of hydrogen-bond donors (Lipinski definition) is 1. The fourth-order valence-corrected chi connectivity index (χ4v) is 3.36. The van der Waals surface area contributed by atoms with E-state index in [0.717, 1.165) is 0 Å². The van der Waals surface area contributed by atoms with Crippen LogP contribution in [0.25, 0.3) is 0 Å². The average molecular weight is 248 g/mol. The van der Waals surface area contributed by atoms with Crippen molar-refractivity contribution in [1.29, 1.82) is 0 Å². The monoisotopic (exact) mass is 248 g/mol. The largest absolute Gasteiger partial charge is 0.347 e. The summed E-state index contributed by atoms with van der Waals surface area (Å²) in [6.45, 7) is 1.81. The Morgan fingerprint density at radius 2 is 1.81 bits per heavy atom. The van der Waals surface area contributed by atoms with E-state index in [1.54, 1.807) is 14.1 Å². The Morgan fingerprint density at radius 1 is 1.31 bits per heavy atom. The van der Waals surface area contributed by atoms with Crippen molar-refractivity contribution in [3.63, 3.8) is 0 Å². The van der Waals surface area contributed by atoms with Crippen LogP contribution in [0.5, 0.6) is 0 Å². The zero-order valence-corrected chi connectivity index (χ0v) is 10.9. The third-order valence-electron chi connectivity index (χ3n) is 2.85. The molecule has 16 heavy (non-hydrogen) atoms. The number of carbonyl (C=O) groups excluding carboxylic acids is 1. The van der Waals surface area contributed by atoms with Crippen molar-refractivity contribution in [3.05, 3.63) is 0 Å². The van der Waals surface area contributed by atoms with Gasteiger partial charge in [-0.2, -0.15) is 0 Å². The molecule has 1 amide bonds. The maximum absolute atomic E-state index is 11.6. The van der Waals surface area contributed by atoms with Crippen LogP contribution in [0.2, 0.25) is 0 Å². The third-order valence-corrected chi connectivity index (χ3v) is 4.57. The number of likely N-dealkylation sites (N-methyl/N-ethyl adjacent to an activating group) is 1. The Bertz CT molecular complexity index is 337. The first kappa shape index (κ1) is 13.4. The van der Waals surface area contributed by atoms with Crippen molar-refractivity contribution in [2.45, 2.75) is 31.8 Å². The average Bonchev–Trinajstić information content (AvgIpc) is 2.19. The molecule has 1 saturated heterocycles. The second-order valence-corrected chi connectivity index (χ2v) is 6.85. The number of carbonyl (C=O) groups is 1. The van der Waals surface area contributed by atoms with E-state index in [-0.39, 0.29) is 29.5 Å². The van der Waals surface area contributed by atoms with Crippen molar-refractivity contribution in [2.75, 3.05) is 25.6 Å². The van der Waals surface area contributed by atoms with Crippen molar-refractivity contribution in [2.24, 2.45) is 0 Å². The molecular formula is C10H20N2O3S. The van der Waals surface area contributed by atoms with Gasteiger partial charge in [0.25, 0.3) is 0 Å². The van der Waals surface area contributed by atoms with Gasteiger partial charge in [0, 0.05) is 20.1 Å². The fraction of sp³-hybridized carbons (Fsp3) is 0.900. The molecule has 1 fully saturated rings. The minimum Gasteiger partial charge on any atom is -0.347 e. The van der Waals surface area contributed by atoms with Crippen LogP contribution in [0, 0.1) is 0 Å². The highest BCUT2D eigenvalue weighted by Crippen LogP contribution is 2.12. The molecule has 1 aliphatic heterocycles. The Balaban J connectivity index is 2.42. The van der Waals surface area contributed by atoms with Crippen molar-refractivity contribution >= 4 is 15.7 Å². The van der Waals surface area contributed by atoms with E-state index in [4.69, 9.17) is 0 Å². The summed E-state index contributed by atoms with van der Waals surface area (Å²) in [6.07, 6.45) is 1.21. The first-order chi connectivity index (χ1) is 7.32. The normalized spacial score (nSPS) is 22.7. The summed E-state index contributed by atoms with van der Waals surface area (Å²) in [5, 5.41) is 3.18. The molecule has 0 bridgehead atoms. The molecule has 6 heteroatoms. The van der Waals surface area contributed by atoms with Gasteiger partial charge in [-0.15, -0.1) is 0 Å². The highest BCUT2D eigenvalue weighted by Gasteiger charge is 2.26. The van der Waals surface area contributed by atoms with Gasteiger partial charge in [-0.25, -0.2) is 8.42 Å². The lowest BCUT2D eigenvalue weighted by atomic mass is 10.1. The minimum atomic E-state index is -2.82. The van der Waals surface area contributed by atoms with E-state index in [0.29, 0.717) is 12.8 Å². The molecule has 1 N–H and O–H groups in total.